The van der Waals surface area contributed by atoms with Gasteiger partial charge in [-0.15, -0.1) is 0 Å². The number of carbonyl (C=O) groups is 1. The van der Waals surface area contributed by atoms with Crippen LogP contribution in [0.1, 0.15) is 18.7 Å². The zero-order valence-electron chi connectivity index (χ0n) is 9.18. The summed E-state index contributed by atoms with van der Waals surface area (Å²) in [5, 5.41) is 12.1. The summed E-state index contributed by atoms with van der Waals surface area (Å²) in [7, 11) is 0. The first kappa shape index (κ1) is 10.9. The number of aliphatic hydroxyl groups is 1. The van der Waals surface area contributed by atoms with Crippen molar-refractivity contribution in [1.82, 2.24) is 10.3 Å². The van der Waals surface area contributed by atoms with Crippen LogP contribution in [0, 0.1) is 0 Å². The van der Waals surface area contributed by atoms with E-state index in [1.807, 2.05) is 11.0 Å². The van der Waals surface area contributed by atoms with E-state index in [4.69, 9.17) is 0 Å². The molecule has 2 rings (SSSR count). The Morgan fingerprint density at radius 2 is 2.38 bits per heavy atom. The lowest BCUT2D eigenvalue weighted by Crippen LogP contribution is -2.47. The summed E-state index contributed by atoms with van der Waals surface area (Å²) in [5.74, 6) is 0.0332. The Labute approximate surface area is 94.1 Å². The molecule has 0 unspecified atom stereocenters. The average Bonchev–Trinajstić information content (AvgIpc) is 2.29. The highest BCUT2D eigenvalue weighted by Crippen LogP contribution is 2.16. The van der Waals surface area contributed by atoms with Gasteiger partial charge in [0.1, 0.15) is 0 Å². The van der Waals surface area contributed by atoms with Gasteiger partial charge in [0, 0.05) is 13.1 Å². The van der Waals surface area contributed by atoms with Crippen LogP contribution in [-0.4, -0.2) is 35.6 Å². The topological polar surface area (TPSA) is 65.5 Å². The van der Waals surface area contributed by atoms with Crippen LogP contribution >= 0.6 is 0 Å². The molecule has 1 fully saturated rings. The number of rotatable bonds is 2. The van der Waals surface area contributed by atoms with Gasteiger partial charge in [0.25, 0.3) is 0 Å². The lowest BCUT2D eigenvalue weighted by molar-refractivity contribution is -0.120. The third-order valence-electron chi connectivity index (χ3n) is 2.60. The molecule has 5 nitrogen and oxygen atoms in total. The molecular formula is C11H15N3O2. The quantitative estimate of drug-likeness (QED) is 0.741. The van der Waals surface area contributed by atoms with Crippen LogP contribution in [0.15, 0.2) is 18.3 Å². The molecule has 1 atom stereocenters. The summed E-state index contributed by atoms with van der Waals surface area (Å²) in [6, 6.07) is 3.67. The highest BCUT2D eigenvalue weighted by Gasteiger charge is 2.16. The van der Waals surface area contributed by atoms with E-state index in [1.54, 1.807) is 19.2 Å². The van der Waals surface area contributed by atoms with Gasteiger partial charge in [-0.25, -0.2) is 0 Å². The van der Waals surface area contributed by atoms with Crippen LogP contribution in [0.2, 0.25) is 0 Å². The molecule has 5 heteroatoms. The molecule has 2 N–H and O–H groups in total. The minimum Gasteiger partial charge on any atom is -0.387 e. The van der Waals surface area contributed by atoms with Gasteiger partial charge in [0.15, 0.2) is 0 Å². The lowest BCUT2D eigenvalue weighted by Gasteiger charge is -2.28. The average molecular weight is 221 g/mol. The van der Waals surface area contributed by atoms with Gasteiger partial charge in [-0.2, -0.15) is 0 Å². The van der Waals surface area contributed by atoms with Gasteiger partial charge in [-0.1, -0.05) is 0 Å². The number of pyridine rings is 1. The second-order valence-corrected chi connectivity index (χ2v) is 3.89. The molecule has 0 aliphatic carbocycles. The number of amides is 1. The Morgan fingerprint density at radius 3 is 2.94 bits per heavy atom. The van der Waals surface area contributed by atoms with Crippen molar-refractivity contribution in [3.8, 4) is 0 Å². The zero-order valence-corrected chi connectivity index (χ0v) is 9.18. The van der Waals surface area contributed by atoms with E-state index in [1.165, 1.54) is 0 Å². The molecule has 16 heavy (non-hydrogen) atoms. The standard InChI is InChI=1S/C11H15N3O2/c1-8(15)10-3-2-9(6-13-10)14-5-4-12-11(16)7-14/h2-3,6,8,15H,4-5,7H2,1H3,(H,12,16)/t8-/m0/s1. The van der Waals surface area contributed by atoms with Crippen LogP contribution in [0.25, 0.3) is 0 Å². The Bertz CT molecular complexity index is 375. The van der Waals surface area contributed by atoms with Crippen molar-refractivity contribution < 1.29 is 9.90 Å². The van der Waals surface area contributed by atoms with Crippen molar-refractivity contribution in [3.63, 3.8) is 0 Å². The van der Waals surface area contributed by atoms with Crippen molar-refractivity contribution in [2.45, 2.75) is 13.0 Å². The van der Waals surface area contributed by atoms with E-state index < -0.39 is 6.10 Å². The number of carbonyl (C=O) groups excluding carboxylic acids is 1. The van der Waals surface area contributed by atoms with Gasteiger partial charge < -0.3 is 15.3 Å². The molecule has 1 aliphatic heterocycles. The number of nitrogens with zero attached hydrogens (tertiary/aromatic N) is 2. The van der Waals surface area contributed by atoms with Crippen molar-refractivity contribution >= 4 is 11.6 Å². The third-order valence-corrected chi connectivity index (χ3v) is 2.60. The normalized spacial score (nSPS) is 18.1. The highest BCUT2D eigenvalue weighted by molar-refractivity contribution is 5.82. The highest BCUT2D eigenvalue weighted by atomic mass is 16.3. The van der Waals surface area contributed by atoms with Gasteiger partial charge in [-0.3, -0.25) is 9.78 Å². The second kappa shape index (κ2) is 4.49. The SMILES string of the molecule is C[C@H](O)c1ccc(N2CCNC(=O)C2)cn1. The molecule has 0 radical (unpaired) electrons. The van der Waals surface area contributed by atoms with Crippen molar-refractivity contribution in [3.05, 3.63) is 24.0 Å². The maximum Gasteiger partial charge on any atom is 0.239 e. The number of hydrogen-bond donors (Lipinski definition) is 2. The Balaban J connectivity index is 2.11. The summed E-state index contributed by atoms with van der Waals surface area (Å²) < 4.78 is 0. The largest absolute Gasteiger partial charge is 0.387 e. The fourth-order valence-electron chi connectivity index (χ4n) is 1.69. The van der Waals surface area contributed by atoms with E-state index in [0.717, 1.165) is 12.2 Å². The maximum atomic E-state index is 11.2. The first-order chi connectivity index (χ1) is 7.66. The van der Waals surface area contributed by atoms with Crippen molar-refractivity contribution in [2.24, 2.45) is 0 Å². The van der Waals surface area contributed by atoms with E-state index in [-0.39, 0.29) is 5.91 Å². The van der Waals surface area contributed by atoms with Gasteiger partial charge >= 0.3 is 0 Å². The van der Waals surface area contributed by atoms with Gasteiger partial charge in [-0.05, 0) is 19.1 Å². The first-order valence-corrected chi connectivity index (χ1v) is 5.32. The van der Waals surface area contributed by atoms with Crippen LogP contribution in [0.4, 0.5) is 5.69 Å². The fourth-order valence-corrected chi connectivity index (χ4v) is 1.69. The summed E-state index contributed by atoms with van der Waals surface area (Å²) in [5.41, 5.74) is 1.56. The fraction of sp³-hybridized carbons (Fsp3) is 0.455. The summed E-state index contributed by atoms with van der Waals surface area (Å²) in [6.45, 7) is 3.50. The minimum atomic E-state index is -0.557. The third kappa shape index (κ3) is 2.30. The van der Waals surface area contributed by atoms with Crippen molar-refractivity contribution in [1.29, 1.82) is 0 Å². The lowest BCUT2D eigenvalue weighted by atomic mass is 10.2. The van der Waals surface area contributed by atoms with Crippen LogP contribution in [-0.2, 0) is 4.79 Å². The van der Waals surface area contributed by atoms with Crippen LogP contribution in [0.3, 0.4) is 0 Å². The molecule has 1 aromatic heterocycles. The molecule has 0 aromatic carbocycles. The van der Waals surface area contributed by atoms with Crippen LogP contribution in [0.5, 0.6) is 0 Å². The number of hydrogen-bond acceptors (Lipinski definition) is 4. The smallest absolute Gasteiger partial charge is 0.239 e. The number of nitrogens with one attached hydrogen (secondary N) is 1. The molecule has 86 valence electrons. The minimum absolute atomic E-state index is 0.0332. The number of anilines is 1. The Kier molecular flexibility index (Phi) is 3.05. The van der Waals surface area contributed by atoms with E-state index in [0.29, 0.717) is 18.8 Å². The molecular weight excluding hydrogens is 206 g/mol. The Morgan fingerprint density at radius 1 is 1.56 bits per heavy atom. The van der Waals surface area contributed by atoms with E-state index in [2.05, 4.69) is 10.3 Å². The molecule has 0 spiro atoms. The molecule has 1 saturated heterocycles. The Hall–Kier alpha value is -1.62. The number of aromatic nitrogens is 1. The molecule has 0 bridgehead atoms. The predicted octanol–water partition coefficient (Wildman–Crippen LogP) is 0.0711. The van der Waals surface area contributed by atoms with Crippen LogP contribution < -0.4 is 10.2 Å². The van der Waals surface area contributed by atoms with Crippen molar-refractivity contribution in [2.75, 3.05) is 24.5 Å². The molecule has 2 heterocycles. The molecule has 0 saturated carbocycles. The van der Waals surface area contributed by atoms with Gasteiger partial charge in [0.2, 0.25) is 5.91 Å². The number of piperazine rings is 1. The second-order valence-electron chi connectivity index (χ2n) is 3.89. The summed E-state index contributed by atoms with van der Waals surface area (Å²) in [4.78, 5) is 17.3. The van der Waals surface area contributed by atoms with E-state index in [9.17, 15) is 9.90 Å². The first-order valence-electron chi connectivity index (χ1n) is 5.32. The summed E-state index contributed by atoms with van der Waals surface area (Å²) in [6.07, 6.45) is 1.14. The molecule has 1 aliphatic rings. The maximum absolute atomic E-state index is 11.2. The van der Waals surface area contributed by atoms with Gasteiger partial charge in [0.05, 0.1) is 30.2 Å². The zero-order chi connectivity index (χ0) is 11.5. The summed E-state index contributed by atoms with van der Waals surface area (Å²) >= 11 is 0. The molecule has 1 amide bonds. The predicted molar refractivity (Wildman–Crippen MR) is 60.1 cm³/mol. The molecule has 1 aromatic rings. The monoisotopic (exact) mass is 221 g/mol. The van der Waals surface area contributed by atoms with E-state index >= 15 is 0 Å². The number of aliphatic hydroxyl groups excluding tert-OH is 1.